The molecule has 16 heavy (non-hydrogen) atoms. The number of ether oxygens (including phenoxy) is 1. The van der Waals surface area contributed by atoms with Crippen LogP contribution in [0.25, 0.3) is 0 Å². The molecule has 0 radical (unpaired) electrons. The Kier molecular flexibility index (Phi) is 2.57. The van der Waals surface area contributed by atoms with Crippen LogP contribution in [0.2, 0.25) is 0 Å². The van der Waals surface area contributed by atoms with Gasteiger partial charge in [0.25, 0.3) is 0 Å². The summed E-state index contributed by atoms with van der Waals surface area (Å²) < 4.78 is 5.75. The normalized spacial score (nSPS) is 42.2. The molecule has 4 atom stereocenters. The minimum atomic E-state index is -0.857. The standard InChI is InChI=1S/C13H22O3/c1-8(11(14)15)16-10-7-9-5-6-13(10,4)12(9,2)3/h8-10H,5-7H2,1-4H3,(H,14,15)/t8-,9?,10?,13?/m0/s1. The summed E-state index contributed by atoms with van der Waals surface area (Å²) in [6.45, 7) is 8.50. The van der Waals surface area contributed by atoms with E-state index in [1.807, 2.05) is 0 Å². The molecule has 3 nitrogen and oxygen atoms in total. The van der Waals surface area contributed by atoms with E-state index in [-0.39, 0.29) is 16.9 Å². The Labute approximate surface area is 97.2 Å². The maximum absolute atomic E-state index is 10.8. The lowest BCUT2D eigenvalue weighted by atomic mass is 9.70. The predicted octanol–water partition coefficient (Wildman–Crippen LogP) is 2.69. The Balaban J connectivity index is 2.13. The molecule has 0 aromatic rings. The van der Waals surface area contributed by atoms with Crippen molar-refractivity contribution in [3.63, 3.8) is 0 Å². The summed E-state index contributed by atoms with van der Waals surface area (Å²) >= 11 is 0. The van der Waals surface area contributed by atoms with Crippen molar-refractivity contribution in [3.8, 4) is 0 Å². The minimum absolute atomic E-state index is 0.118. The van der Waals surface area contributed by atoms with Crippen molar-refractivity contribution in [1.82, 2.24) is 0 Å². The number of hydrogen-bond acceptors (Lipinski definition) is 2. The van der Waals surface area contributed by atoms with Crippen molar-refractivity contribution in [2.45, 2.75) is 59.2 Å². The number of hydrogen-bond donors (Lipinski definition) is 1. The van der Waals surface area contributed by atoms with Crippen LogP contribution in [0, 0.1) is 16.7 Å². The van der Waals surface area contributed by atoms with Crippen LogP contribution in [-0.4, -0.2) is 23.3 Å². The highest BCUT2D eigenvalue weighted by Gasteiger charge is 2.62. The van der Waals surface area contributed by atoms with Crippen molar-refractivity contribution < 1.29 is 14.6 Å². The molecule has 2 saturated carbocycles. The highest BCUT2D eigenvalue weighted by Crippen LogP contribution is 2.66. The molecule has 3 unspecified atom stereocenters. The molecule has 1 N–H and O–H groups in total. The second-order valence-corrected chi connectivity index (χ2v) is 6.22. The van der Waals surface area contributed by atoms with Gasteiger partial charge in [-0.15, -0.1) is 0 Å². The Morgan fingerprint density at radius 3 is 2.44 bits per heavy atom. The molecule has 2 aliphatic rings. The van der Waals surface area contributed by atoms with E-state index in [4.69, 9.17) is 9.84 Å². The summed E-state index contributed by atoms with van der Waals surface area (Å²) in [5.74, 6) is -0.160. The van der Waals surface area contributed by atoms with Gasteiger partial charge in [-0.2, -0.15) is 0 Å². The lowest BCUT2D eigenvalue weighted by Gasteiger charge is -2.39. The summed E-state index contributed by atoms with van der Waals surface area (Å²) in [5, 5.41) is 8.90. The maximum atomic E-state index is 10.8. The van der Waals surface area contributed by atoms with Gasteiger partial charge in [-0.05, 0) is 42.9 Å². The van der Waals surface area contributed by atoms with Crippen molar-refractivity contribution >= 4 is 5.97 Å². The lowest BCUT2D eigenvalue weighted by molar-refractivity contribution is -0.159. The molecular weight excluding hydrogens is 204 g/mol. The van der Waals surface area contributed by atoms with Crippen molar-refractivity contribution in [2.75, 3.05) is 0 Å². The van der Waals surface area contributed by atoms with Crippen molar-refractivity contribution in [3.05, 3.63) is 0 Å². The van der Waals surface area contributed by atoms with Crippen LogP contribution in [0.5, 0.6) is 0 Å². The average Bonchev–Trinajstić information content (AvgIpc) is 2.50. The van der Waals surface area contributed by atoms with Crippen LogP contribution >= 0.6 is 0 Å². The fourth-order valence-corrected chi connectivity index (χ4v) is 3.64. The fraction of sp³-hybridized carbons (Fsp3) is 0.923. The fourth-order valence-electron chi connectivity index (χ4n) is 3.64. The zero-order valence-electron chi connectivity index (χ0n) is 10.6. The summed E-state index contributed by atoms with van der Waals surface area (Å²) in [6.07, 6.45) is 2.90. The molecule has 0 aromatic heterocycles. The molecule has 2 fully saturated rings. The molecule has 0 spiro atoms. The van der Waals surface area contributed by atoms with Gasteiger partial charge in [-0.3, -0.25) is 0 Å². The zero-order valence-corrected chi connectivity index (χ0v) is 10.6. The largest absolute Gasteiger partial charge is 0.479 e. The van der Waals surface area contributed by atoms with Gasteiger partial charge in [0.1, 0.15) is 0 Å². The quantitative estimate of drug-likeness (QED) is 0.804. The van der Waals surface area contributed by atoms with Crippen LogP contribution in [0.3, 0.4) is 0 Å². The number of fused-ring (bicyclic) bond motifs is 2. The third kappa shape index (κ3) is 1.41. The highest BCUT2D eigenvalue weighted by molar-refractivity contribution is 5.71. The van der Waals surface area contributed by atoms with E-state index in [9.17, 15) is 4.79 Å². The van der Waals surface area contributed by atoms with Crippen LogP contribution in [-0.2, 0) is 9.53 Å². The van der Waals surface area contributed by atoms with Gasteiger partial charge in [0.15, 0.2) is 6.10 Å². The Morgan fingerprint density at radius 2 is 2.06 bits per heavy atom. The van der Waals surface area contributed by atoms with Gasteiger partial charge >= 0.3 is 5.97 Å². The van der Waals surface area contributed by atoms with E-state index < -0.39 is 12.1 Å². The number of aliphatic carboxylic acids is 1. The molecule has 2 rings (SSSR count). The highest BCUT2D eigenvalue weighted by atomic mass is 16.5. The molecule has 0 heterocycles. The third-order valence-electron chi connectivity index (χ3n) is 5.43. The van der Waals surface area contributed by atoms with E-state index >= 15 is 0 Å². The first-order valence-electron chi connectivity index (χ1n) is 6.17. The van der Waals surface area contributed by atoms with Gasteiger partial charge < -0.3 is 9.84 Å². The zero-order chi connectivity index (χ0) is 12.1. The first-order chi connectivity index (χ1) is 7.29. The number of carboxylic acid groups (broad SMARTS) is 1. The first-order valence-corrected chi connectivity index (χ1v) is 6.17. The monoisotopic (exact) mass is 226 g/mol. The summed E-state index contributed by atoms with van der Waals surface area (Å²) in [7, 11) is 0. The van der Waals surface area contributed by atoms with Crippen LogP contribution < -0.4 is 0 Å². The second-order valence-electron chi connectivity index (χ2n) is 6.22. The molecular formula is C13H22O3. The van der Waals surface area contributed by atoms with E-state index in [1.54, 1.807) is 6.92 Å². The van der Waals surface area contributed by atoms with E-state index in [0.29, 0.717) is 5.92 Å². The number of carbonyl (C=O) groups is 1. The van der Waals surface area contributed by atoms with Gasteiger partial charge in [0.2, 0.25) is 0 Å². The summed E-state index contributed by atoms with van der Waals surface area (Å²) in [5.41, 5.74) is 0.442. The van der Waals surface area contributed by atoms with Gasteiger partial charge in [0, 0.05) is 0 Å². The topological polar surface area (TPSA) is 46.5 Å². The lowest BCUT2D eigenvalue weighted by Crippen LogP contribution is -2.40. The average molecular weight is 226 g/mol. The SMILES string of the molecule is C[C@H](OC1CC2CCC1(C)C2(C)C)C(=O)O. The summed E-state index contributed by atoms with van der Waals surface area (Å²) in [6, 6.07) is 0. The smallest absolute Gasteiger partial charge is 0.332 e. The van der Waals surface area contributed by atoms with Crippen LogP contribution in [0.4, 0.5) is 0 Å². The molecule has 92 valence electrons. The first kappa shape index (κ1) is 11.9. The van der Waals surface area contributed by atoms with E-state index in [2.05, 4.69) is 20.8 Å². The molecule has 0 aromatic carbocycles. The van der Waals surface area contributed by atoms with E-state index in [0.717, 1.165) is 6.42 Å². The summed E-state index contributed by atoms with van der Waals surface area (Å²) in [4.78, 5) is 10.8. The Morgan fingerprint density at radius 1 is 1.44 bits per heavy atom. The minimum Gasteiger partial charge on any atom is -0.479 e. The Hall–Kier alpha value is -0.570. The molecule has 0 amide bonds. The van der Waals surface area contributed by atoms with Gasteiger partial charge in [-0.1, -0.05) is 20.8 Å². The Bertz CT molecular complexity index is 310. The van der Waals surface area contributed by atoms with Crippen molar-refractivity contribution in [1.29, 1.82) is 0 Å². The number of rotatable bonds is 3. The third-order valence-corrected chi connectivity index (χ3v) is 5.43. The van der Waals surface area contributed by atoms with Crippen LogP contribution in [0.1, 0.15) is 47.0 Å². The molecule has 3 heteroatoms. The maximum Gasteiger partial charge on any atom is 0.332 e. The number of carboxylic acids is 1. The second kappa shape index (κ2) is 3.46. The van der Waals surface area contributed by atoms with Crippen molar-refractivity contribution in [2.24, 2.45) is 16.7 Å². The van der Waals surface area contributed by atoms with Crippen LogP contribution in [0.15, 0.2) is 0 Å². The molecule has 0 aliphatic heterocycles. The van der Waals surface area contributed by atoms with Gasteiger partial charge in [0.05, 0.1) is 6.10 Å². The molecule has 0 saturated heterocycles. The van der Waals surface area contributed by atoms with Gasteiger partial charge in [-0.25, -0.2) is 4.79 Å². The molecule has 2 aliphatic carbocycles. The molecule has 2 bridgehead atoms. The predicted molar refractivity (Wildman–Crippen MR) is 61.2 cm³/mol. The van der Waals surface area contributed by atoms with E-state index in [1.165, 1.54) is 12.8 Å².